The smallest absolute Gasteiger partial charge is 0.257 e. The Morgan fingerprint density at radius 2 is 1.94 bits per heavy atom. The van der Waals surface area contributed by atoms with Crippen molar-refractivity contribution in [2.75, 3.05) is 18.4 Å². The van der Waals surface area contributed by atoms with Crippen molar-refractivity contribution in [1.29, 1.82) is 0 Å². The van der Waals surface area contributed by atoms with E-state index in [1.165, 1.54) is 24.4 Å². The van der Waals surface area contributed by atoms with Gasteiger partial charge in [0, 0.05) is 41.4 Å². The average molecular weight is 435 g/mol. The molecule has 0 aliphatic carbocycles. The molecule has 1 fully saturated rings. The van der Waals surface area contributed by atoms with Gasteiger partial charge in [0.15, 0.2) is 0 Å². The predicted octanol–water partition coefficient (Wildman–Crippen LogP) is 4.15. The first-order chi connectivity index (χ1) is 15.1. The zero-order chi connectivity index (χ0) is 23.0. The maximum Gasteiger partial charge on any atom is 0.257 e. The summed E-state index contributed by atoms with van der Waals surface area (Å²) in [4.78, 5) is 29.8. The molecule has 1 aliphatic heterocycles. The van der Waals surface area contributed by atoms with Crippen LogP contribution in [0.4, 0.5) is 10.1 Å². The van der Waals surface area contributed by atoms with Crippen LogP contribution in [0.25, 0.3) is 16.6 Å². The zero-order valence-electron chi connectivity index (χ0n) is 18.4. The highest BCUT2D eigenvalue weighted by atomic mass is 19.1. The summed E-state index contributed by atoms with van der Waals surface area (Å²) >= 11 is 0. The summed E-state index contributed by atoms with van der Waals surface area (Å²) in [6, 6.07) is 12.8. The first-order valence-corrected chi connectivity index (χ1v) is 10.6. The molecular formula is C25H27FN4O2. The van der Waals surface area contributed by atoms with E-state index >= 15 is 0 Å². The molecule has 32 heavy (non-hydrogen) atoms. The summed E-state index contributed by atoms with van der Waals surface area (Å²) in [7, 11) is 0. The van der Waals surface area contributed by atoms with Gasteiger partial charge in [0.2, 0.25) is 0 Å². The van der Waals surface area contributed by atoms with Crippen molar-refractivity contribution < 1.29 is 9.18 Å². The second-order valence-corrected chi connectivity index (χ2v) is 9.14. The van der Waals surface area contributed by atoms with E-state index in [2.05, 4.69) is 31.1 Å². The SMILES string of the molecule is C[C@H]1CN(C(=O)c2ccc(N/C=C(\N)c3cc4cc(F)ccc4[nH]c3=O)cc2)CC1(C)C. The quantitative estimate of drug-likeness (QED) is 0.575. The first-order valence-electron chi connectivity index (χ1n) is 10.6. The van der Waals surface area contributed by atoms with Gasteiger partial charge < -0.3 is 20.9 Å². The van der Waals surface area contributed by atoms with Crippen molar-refractivity contribution in [1.82, 2.24) is 9.88 Å². The summed E-state index contributed by atoms with van der Waals surface area (Å²) in [6.07, 6.45) is 1.51. The Kier molecular flexibility index (Phi) is 5.50. The number of likely N-dealkylation sites (tertiary alicyclic amines) is 1. The standard InChI is InChI=1S/C25H27FN4O2/c1-15-13-30(14-25(15,2)3)24(32)16-4-7-19(8-5-16)28-12-21(27)20-11-17-10-18(26)6-9-22(17)29-23(20)31/h4-12,15,28H,13-14,27H2,1-3H3,(H,29,31)/b21-12-/t15-/m0/s1. The van der Waals surface area contributed by atoms with E-state index in [0.717, 1.165) is 18.8 Å². The first kappa shape index (κ1) is 21.6. The van der Waals surface area contributed by atoms with Crippen LogP contribution in [0.15, 0.2) is 59.5 Å². The fourth-order valence-electron chi connectivity index (χ4n) is 3.97. The van der Waals surface area contributed by atoms with Crippen LogP contribution in [-0.4, -0.2) is 28.9 Å². The van der Waals surface area contributed by atoms with Gasteiger partial charge in [-0.2, -0.15) is 0 Å². The molecule has 4 N–H and O–H groups in total. The van der Waals surface area contributed by atoms with Crippen molar-refractivity contribution in [2.24, 2.45) is 17.1 Å². The monoisotopic (exact) mass is 434 g/mol. The number of hydrogen-bond donors (Lipinski definition) is 3. The number of fused-ring (bicyclic) bond motifs is 1. The molecule has 6 nitrogen and oxygen atoms in total. The molecule has 2 heterocycles. The van der Waals surface area contributed by atoms with Gasteiger partial charge in [0.25, 0.3) is 11.5 Å². The Morgan fingerprint density at radius 3 is 2.59 bits per heavy atom. The maximum absolute atomic E-state index is 13.5. The Hall–Kier alpha value is -3.61. The van der Waals surface area contributed by atoms with Crippen molar-refractivity contribution in [3.8, 4) is 0 Å². The minimum atomic E-state index is -0.391. The van der Waals surface area contributed by atoms with E-state index < -0.39 is 5.82 Å². The molecule has 0 bridgehead atoms. The van der Waals surface area contributed by atoms with Gasteiger partial charge in [-0.3, -0.25) is 9.59 Å². The second-order valence-electron chi connectivity index (χ2n) is 9.14. The fraction of sp³-hybridized carbons (Fsp3) is 0.280. The van der Waals surface area contributed by atoms with Crippen LogP contribution in [0.3, 0.4) is 0 Å². The minimum absolute atomic E-state index is 0.0268. The van der Waals surface area contributed by atoms with Crippen molar-refractivity contribution in [3.63, 3.8) is 0 Å². The van der Waals surface area contributed by atoms with Crippen LogP contribution < -0.4 is 16.6 Å². The number of nitrogens with two attached hydrogens (primary N) is 1. The third-order valence-corrected chi connectivity index (χ3v) is 6.36. The lowest BCUT2D eigenvalue weighted by molar-refractivity contribution is 0.0777. The number of pyridine rings is 1. The highest BCUT2D eigenvalue weighted by Gasteiger charge is 2.38. The summed E-state index contributed by atoms with van der Waals surface area (Å²) in [5.41, 5.74) is 8.21. The predicted molar refractivity (Wildman–Crippen MR) is 126 cm³/mol. The van der Waals surface area contributed by atoms with Crippen molar-refractivity contribution in [3.05, 3.63) is 82.0 Å². The van der Waals surface area contributed by atoms with Crippen LogP contribution in [0.5, 0.6) is 0 Å². The molecule has 2 aromatic carbocycles. The Labute approximate surface area is 185 Å². The molecule has 166 valence electrons. The van der Waals surface area contributed by atoms with Crippen LogP contribution in [0.1, 0.15) is 36.7 Å². The normalized spacial score (nSPS) is 18.2. The number of anilines is 1. The average Bonchev–Trinajstić information content (AvgIpc) is 3.04. The van der Waals surface area contributed by atoms with Crippen LogP contribution in [0, 0.1) is 17.2 Å². The zero-order valence-corrected chi connectivity index (χ0v) is 18.4. The minimum Gasteiger partial charge on any atom is -0.397 e. The molecule has 1 aromatic heterocycles. The number of nitrogens with one attached hydrogen (secondary N) is 2. The van der Waals surface area contributed by atoms with E-state index in [-0.39, 0.29) is 28.1 Å². The second kappa shape index (κ2) is 8.15. The molecule has 1 aliphatic rings. The maximum atomic E-state index is 13.5. The van der Waals surface area contributed by atoms with Gasteiger partial charge in [-0.15, -0.1) is 0 Å². The van der Waals surface area contributed by atoms with Gasteiger partial charge in [-0.05, 0) is 59.9 Å². The van der Waals surface area contributed by atoms with Crippen LogP contribution in [-0.2, 0) is 0 Å². The number of carbonyl (C=O) groups excluding carboxylic acids is 1. The molecule has 0 saturated carbocycles. The van der Waals surface area contributed by atoms with Crippen LogP contribution >= 0.6 is 0 Å². The number of aromatic amines is 1. The van der Waals surface area contributed by atoms with E-state index in [0.29, 0.717) is 22.4 Å². The van der Waals surface area contributed by atoms with E-state index in [4.69, 9.17) is 5.73 Å². The Morgan fingerprint density at radius 1 is 1.22 bits per heavy atom. The van der Waals surface area contributed by atoms with Gasteiger partial charge in [0.05, 0.1) is 11.3 Å². The van der Waals surface area contributed by atoms with Crippen molar-refractivity contribution in [2.45, 2.75) is 20.8 Å². The molecule has 0 spiro atoms. The number of rotatable bonds is 4. The van der Waals surface area contributed by atoms with E-state index in [9.17, 15) is 14.0 Å². The molecular weight excluding hydrogens is 407 g/mol. The summed E-state index contributed by atoms with van der Waals surface area (Å²) < 4.78 is 13.5. The lowest BCUT2D eigenvalue weighted by atomic mass is 9.84. The Bertz CT molecular complexity index is 1260. The third kappa shape index (κ3) is 4.23. The molecule has 1 atom stereocenters. The molecule has 7 heteroatoms. The topological polar surface area (TPSA) is 91.2 Å². The number of halogens is 1. The number of amides is 1. The van der Waals surface area contributed by atoms with E-state index in [1.807, 2.05) is 4.90 Å². The summed E-state index contributed by atoms with van der Waals surface area (Å²) in [5, 5.41) is 3.60. The number of hydrogen-bond acceptors (Lipinski definition) is 4. The summed E-state index contributed by atoms with van der Waals surface area (Å²) in [6.45, 7) is 8.05. The lowest BCUT2D eigenvalue weighted by Crippen LogP contribution is -2.30. The van der Waals surface area contributed by atoms with Gasteiger partial charge in [-0.1, -0.05) is 20.8 Å². The molecule has 0 radical (unpaired) electrons. The number of benzene rings is 2. The van der Waals surface area contributed by atoms with Crippen molar-refractivity contribution >= 4 is 28.2 Å². The lowest BCUT2D eigenvalue weighted by Gasteiger charge is -2.22. The largest absolute Gasteiger partial charge is 0.397 e. The molecule has 0 unspecified atom stereocenters. The summed E-state index contributed by atoms with van der Waals surface area (Å²) in [5.74, 6) is 0.0898. The molecule has 1 saturated heterocycles. The molecule has 4 rings (SSSR count). The number of carbonyl (C=O) groups is 1. The van der Waals surface area contributed by atoms with Gasteiger partial charge >= 0.3 is 0 Å². The number of aromatic nitrogens is 1. The molecule has 3 aromatic rings. The van der Waals surface area contributed by atoms with Crippen LogP contribution in [0.2, 0.25) is 0 Å². The highest BCUT2D eigenvalue weighted by molar-refractivity contribution is 5.95. The van der Waals surface area contributed by atoms with Gasteiger partial charge in [-0.25, -0.2) is 4.39 Å². The van der Waals surface area contributed by atoms with E-state index in [1.54, 1.807) is 30.3 Å². The highest BCUT2D eigenvalue weighted by Crippen LogP contribution is 2.35. The number of H-pyrrole nitrogens is 1. The number of nitrogens with zero attached hydrogens (tertiary/aromatic N) is 1. The Balaban J connectivity index is 1.48. The third-order valence-electron chi connectivity index (χ3n) is 6.36. The van der Waals surface area contributed by atoms with Gasteiger partial charge in [0.1, 0.15) is 5.82 Å². The fourth-order valence-corrected chi connectivity index (χ4v) is 3.97. The molecule has 1 amide bonds.